The number of ether oxygens (including phenoxy) is 1. The third-order valence-corrected chi connectivity index (χ3v) is 4.36. The van der Waals surface area contributed by atoms with Crippen molar-refractivity contribution in [3.05, 3.63) is 17.8 Å². The van der Waals surface area contributed by atoms with Crippen molar-refractivity contribution in [1.82, 2.24) is 14.8 Å². The lowest BCUT2D eigenvalue weighted by molar-refractivity contribution is -0.142. The number of cyclic esters (lactones) is 1. The molecule has 2 saturated heterocycles. The summed E-state index contributed by atoms with van der Waals surface area (Å²) in [5, 5.41) is 0. The number of hydrogen-bond acceptors (Lipinski definition) is 6. The highest BCUT2D eigenvalue weighted by molar-refractivity contribution is 5.77. The van der Waals surface area contributed by atoms with Gasteiger partial charge in [0.05, 0.1) is 19.3 Å². The molecule has 0 unspecified atom stereocenters. The highest BCUT2D eigenvalue weighted by Gasteiger charge is 2.39. The van der Waals surface area contributed by atoms with Crippen LogP contribution in [0.25, 0.3) is 0 Å². The lowest BCUT2D eigenvalue weighted by atomic mass is 10.2. The molecule has 0 saturated carbocycles. The van der Waals surface area contributed by atoms with Gasteiger partial charge in [-0.3, -0.25) is 14.5 Å². The van der Waals surface area contributed by atoms with Crippen LogP contribution in [0.4, 0.5) is 0 Å². The zero-order valence-electron chi connectivity index (χ0n) is 12.9. The van der Waals surface area contributed by atoms with Crippen molar-refractivity contribution >= 4 is 11.9 Å². The molecule has 0 bridgehead atoms. The molecule has 3 rings (SSSR count). The molecule has 7 heteroatoms. The predicted molar refractivity (Wildman–Crippen MR) is 76.8 cm³/mol. The van der Waals surface area contributed by atoms with Crippen LogP contribution in [0.5, 0.6) is 0 Å². The summed E-state index contributed by atoms with van der Waals surface area (Å²) in [4.78, 5) is 31.8. The first-order chi connectivity index (χ1) is 10.5. The van der Waals surface area contributed by atoms with E-state index in [0.717, 1.165) is 25.1 Å². The number of amides is 1. The molecule has 0 N–H and O–H groups in total. The summed E-state index contributed by atoms with van der Waals surface area (Å²) in [6.45, 7) is 5.76. The summed E-state index contributed by atoms with van der Waals surface area (Å²) in [5.41, 5.74) is 0. The lowest BCUT2D eigenvalue weighted by Gasteiger charge is -2.27. The highest BCUT2D eigenvalue weighted by Crippen LogP contribution is 2.24. The van der Waals surface area contributed by atoms with E-state index in [-0.39, 0.29) is 24.0 Å². The van der Waals surface area contributed by atoms with Crippen LogP contribution >= 0.6 is 0 Å². The van der Waals surface area contributed by atoms with Crippen LogP contribution in [0.2, 0.25) is 0 Å². The minimum Gasteiger partial charge on any atom is -0.464 e. The van der Waals surface area contributed by atoms with Gasteiger partial charge in [0.2, 0.25) is 11.8 Å². The quantitative estimate of drug-likeness (QED) is 0.763. The first kappa shape index (κ1) is 15.0. The molecular formula is C15H21N3O4. The summed E-state index contributed by atoms with van der Waals surface area (Å²) >= 11 is 0. The maximum Gasteiger partial charge on any atom is 0.323 e. The Labute approximate surface area is 129 Å². The van der Waals surface area contributed by atoms with Gasteiger partial charge in [-0.05, 0) is 13.3 Å². The van der Waals surface area contributed by atoms with Crippen LogP contribution in [-0.2, 0) is 20.9 Å². The van der Waals surface area contributed by atoms with E-state index in [1.54, 1.807) is 18.0 Å². The second kappa shape index (κ2) is 6.08. The number of hydrogen-bond donors (Lipinski definition) is 0. The molecule has 2 aliphatic heterocycles. The molecule has 7 nitrogen and oxygen atoms in total. The molecule has 0 aromatic carbocycles. The Balaban J connectivity index is 1.65. The highest BCUT2D eigenvalue weighted by atomic mass is 16.5. The zero-order valence-corrected chi connectivity index (χ0v) is 12.9. The summed E-state index contributed by atoms with van der Waals surface area (Å²) in [6, 6.07) is -0.0686. The van der Waals surface area contributed by atoms with E-state index in [9.17, 15) is 9.59 Å². The number of rotatable bonds is 4. The Morgan fingerprint density at radius 3 is 2.91 bits per heavy atom. The number of oxazole rings is 1. The number of carbonyl (C=O) groups excluding carboxylic acids is 2. The van der Waals surface area contributed by atoms with Gasteiger partial charge in [0.15, 0.2) is 0 Å². The van der Waals surface area contributed by atoms with Crippen molar-refractivity contribution in [2.75, 3.05) is 19.7 Å². The first-order valence-corrected chi connectivity index (χ1v) is 7.64. The van der Waals surface area contributed by atoms with Crippen LogP contribution < -0.4 is 0 Å². The molecule has 1 amide bonds. The number of likely N-dealkylation sites (tertiary alicyclic amines) is 1. The van der Waals surface area contributed by atoms with Crippen molar-refractivity contribution in [2.45, 2.75) is 45.3 Å². The molecule has 2 aliphatic rings. The molecule has 120 valence electrons. The van der Waals surface area contributed by atoms with Crippen molar-refractivity contribution in [1.29, 1.82) is 0 Å². The van der Waals surface area contributed by atoms with Gasteiger partial charge in [-0.1, -0.05) is 0 Å². The van der Waals surface area contributed by atoms with Crippen molar-refractivity contribution in [2.24, 2.45) is 0 Å². The smallest absolute Gasteiger partial charge is 0.323 e. The second-order valence-electron chi connectivity index (χ2n) is 5.92. The maximum absolute atomic E-state index is 12.0. The topological polar surface area (TPSA) is 75.9 Å². The number of aromatic nitrogens is 1. The van der Waals surface area contributed by atoms with Gasteiger partial charge in [-0.25, -0.2) is 4.98 Å². The molecule has 0 radical (unpaired) electrons. The van der Waals surface area contributed by atoms with Crippen LogP contribution in [0, 0.1) is 6.92 Å². The number of carbonyl (C=O) groups is 2. The van der Waals surface area contributed by atoms with E-state index in [1.807, 2.05) is 6.92 Å². The Hall–Kier alpha value is -1.89. The Morgan fingerprint density at radius 1 is 1.50 bits per heavy atom. The monoisotopic (exact) mass is 307 g/mol. The standard InChI is InChI=1S/C15H21N3O4/c1-10-7-16-14(22-10)9-18(11(2)19)12-3-5-17(8-12)13-4-6-21-15(13)20/h7,12-13H,3-6,8-9H2,1-2H3/t12-,13-/m1/s1. The molecular weight excluding hydrogens is 286 g/mol. The second-order valence-corrected chi connectivity index (χ2v) is 5.92. The molecule has 0 spiro atoms. The Bertz CT molecular complexity index is 571. The number of nitrogens with zero attached hydrogens (tertiary/aromatic N) is 3. The summed E-state index contributed by atoms with van der Waals surface area (Å²) in [7, 11) is 0. The van der Waals surface area contributed by atoms with Crippen molar-refractivity contribution in [3.63, 3.8) is 0 Å². The average molecular weight is 307 g/mol. The molecule has 0 aliphatic carbocycles. The third kappa shape index (κ3) is 2.99. The lowest BCUT2D eigenvalue weighted by Crippen LogP contribution is -2.43. The molecule has 3 heterocycles. The Kier molecular flexibility index (Phi) is 4.15. The minimum absolute atomic E-state index is 0.00305. The zero-order chi connectivity index (χ0) is 15.7. The SMILES string of the molecule is CC(=O)N(Cc1ncc(C)o1)[C@@H]1CCN([C@@H]2CCOC2=O)C1. The fourth-order valence-electron chi connectivity index (χ4n) is 3.24. The molecule has 2 atom stereocenters. The van der Waals surface area contributed by atoms with Gasteiger partial charge in [0, 0.05) is 32.5 Å². The van der Waals surface area contributed by atoms with Gasteiger partial charge in [0.1, 0.15) is 11.8 Å². The largest absolute Gasteiger partial charge is 0.464 e. The van der Waals surface area contributed by atoms with Gasteiger partial charge >= 0.3 is 5.97 Å². The summed E-state index contributed by atoms with van der Waals surface area (Å²) in [5.74, 6) is 1.14. The first-order valence-electron chi connectivity index (χ1n) is 7.64. The number of esters is 1. The summed E-state index contributed by atoms with van der Waals surface area (Å²) in [6.07, 6.45) is 3.25. The maximum atomic E-state index is 12.0. The average Bonchev–Trinajstić information content (AvgIpc) is 3.16. The molecule has 2 fully saturated rings. The van der Waals surface area contributed by atoms with Crippen LogP contribution in [0.1, 0.15) is 31.4 Å². The van der Waals surface area contributed by atoms with Crippen LogP contribution in [0.15, 0.2) is 10.6 Å². The van der Waals surface area contributed by atoms with E-state index in [0.29, 0.717) is 25.6 Å². The van der Waals surface area contributed by atoms with Crippen LogP contribution in [0.3, 0.4) is 0 Å². The Morgan fingerprint density at radius 2 is 2.32 bits per heavy atom. The van der Waals surface area contributed by atoms with Crippen LogP contribution in [-0.4, -0.2) is 58.4 Å². The van der Waals surface area contributed by atoms with Gasteiger partial charge in [-0.15, -0.1) is 0 Å². The van der Waals surface area contributed by atoms with Gasteiger partial charge in [0.25, 0.3) is 0 Å². The fourth-order valence-corrected chi connectivity index (χ4v) is 3.24. The van der Waals surface area contributed by atoms with E-state index in [1.165, 1.54) is 0 Å². The van der Waals surface area contributed by atoms with Gasteiger partial charge in [-0.2, -0.15) is 0 Å². The van der Waals surface area contributed by atoms with E-state index in [2.05, 4.69) is 9.88 Å². The van der Waals surface area contributed by atoms with E-state index < -0.39 is 0 Å². The summed E-state index contributed by atoms with van der Waals surface area (Å²) < 4.78 is 10.5. The molecule has 22 heavy (non-hydrogen) atoms. The fraction of sp³-hybridized carbons (Fsp3) is 0.667. The molecule has 1 aromatic heterocycles. The van der Waals surface area contributed by atoms with E-state index >= 15 is 0 Å². The predicted octanol–water partition coefficient (Wildman–Crippen LogP) is 0.721. The van der Waals surface area contributed by atoms with Gasteiger partial charge < -0.3 is 14.1 Å². The third-order valence-electron chi connectivity index (χ3n) is 4.36. The van der Waals surface area contributed by atoms with E-state index in [4.69, 9.17) is 9.15 Å². The van der Waals surface area contributed by atoms with Crippen molar-refractivity contribution in [3.8, 4) is 0 Å². The minimum atomic E-state index is -0.150. The normalized spacial score (nSPS) is 25.5. The molecule has 1 aromatic rings. The number of aryl methyl sites for hydroxylation is 1. The van der Waals surface area contributed by atoms with Crippen molar-refractivity contribution < 1.29 is 18.7 Å².